The van der Waals surface area contributed by atoms with Crippen molar-refractivity contribution >= 4 is 21.5 Å². The van der Waals surface area contributed by atoms with Crippen LogP contribution in [0.2, 0.25) is 0 Å². The molecule has 0 aliphatic carbocycles. The second kappa shape index (κ2) is 9.50. The number of hydrogen-bond donors (Lipinski definition) is 0. The van der Waals surface area contributed by atoms with Crippen LogP contribution < -0.4 is 0 Å². The van der Waals surface area contributed by atoms with E-state index in [9.17, 15) is 0 Å². The van der Waals surface area contributed by atoms with Crippen LogP contribution in [0.1, 0.15) is 0 Å². The third-order valence-electron chi connectivity index (χ3n) is 7.49. The second-order valence-electron chi connectivity index (χ2n) is 9.73. The third-order valence-corrected chi connectivity index (χ3v) is 7.49. The highest BCUT2D eigenvalue weighted by Gasteiger charge is 2.15. The molecule has 38 heavy (non-hydrogen) atoms. The van der Waals surface area contributed by atoms with E-state index < -0.39 is 0 Å². The van der Waals surface area contributed by atoms with Crippen LogP contribution in [0.15, 0.2) is 158 Å². The van der Waals surface area contributed by atoms with E-state index in [4.69, 9.17) is 0 Å². The molecule has 0 unspecified atom stereocenters. The van der Waals surface area contributed by atoms with Gasteiger partial charge in [0.05, 0.1) is 0 Å². The molecule has 0 heteroatoms. The van der Waals surface area contributed by atoms with Gasteiger partial charge in [0, 0.05) is 0 Å². The molecule has 7 aromatic rings. The maximum atomic E-state index is 2.42. The molecule has 0 fully saturated rings. The summed E-state index contributed by atoms with van der Waals surface area (Å²) in [6.45, 7) is 0. The fourth-order valence-electron chi connectivity index (χ4n) is 5.66. The smallest absolute Gasteiger partial charge is 0.00926 e. The zero-order valence-electron chi connectivity index (χ0n) is 21.0. The molecule has 7 aromatic carbocycles. The van der Waals surface area contributed by atoms with Gasteiger partial charge in [-0.1, -0.05) is 146 Å². The zero-order valence-corrected chi connectivity index (χ0v) is 21.0. The van der Waals surface area contributed by atoms with Crippen LogP contribution in [0.4, 0.5) is 0 Å². The maximum Gasteiger partial charge on any atom is -0.00926 e. The maximum absolute atomic E-state index is 2.42. The third kappa shape index (κ3) is 3.88. The van der Waals surface area contributed by atoms with E-state index in [1.807, 2.05) is 0 Å². The summed E-state index contributed by atoms with van der Waals surface area (Å²) in [6.07, 6.45) is 0. The average molecular weight is 483 g/mol. The van der Waals surface area contributed by atoms with Gasteiger partial charge in [-0.25, -0.2) is 0 Å². The molecule has 0 saturated carbocycles. The molecule has 7 rings (SSSR count). The Morgan fingerprint density at radius 3 is 0.632 bits per heavy atom. The number of benzene rings is 7. The Kier molecular flexibility index (Phi) is 5.57. The highest BCUT2D eigenvalue weighted by Crippen LogP contribution is 2.43. The van der Waals surface area contributed by atoms with Crippen molar-refractivity contribution < 1.29 is 0 Å². The predicted molar refractivity (Wildman–Crippen MR) is 163 cm³/mol. The molecule has 0 radical (unpaired) electrons. The van der Waals surface area contributed by atoms with Gasteiger partial charge in [0.25, 0.3) is 0 Å². The van der Waals surface area contributed by atoms with Gasteiger partial charge in [0.1, 0.15) is 0 Å². The molecule has 0 saturated heterocycles. The normalized spacial score (nSPS) is 11.2. The monoisotopic (exact) mass is 482 g/mol. The molecule has 0 heterocycles. The Balaban J connectivity index is 1.64. The summed E-state index contributed by atoms with van der Waals surface area (Å²) in [5.74, 6) is 0. The molecule has 0 aromatic heterocycles. The number of fused-ring (bicyclic) bond motifs is 2. The van der Waals surface area contributed by atoms with Gasteiger partial charge in [-0.15, -0.1) is 0 Å². The fourth-order valence-corrected chi connectivity index (χ4v) is 5.66. The summed E-state index contributed by atoms with van der Waals surface area (Å²) < 4.78 is 0. The molecule has 0 bridgehead atoms. The van der Waals surface area contributed by atoms with Crippen LogP contribution in [-0.4, -0.2) is 0 Å². The van der Waals surface area contributed by atoms with Gasteiger partial charge in [0.15, 0.2) is 0 Å². The first-order valence-electron chi connectivity index (χ1n) is 13.1. The molecule has 0 aliphatic heterocycles. The van der Waals surface area contributed by atoms with Crippen LogP contribution in [0.5, 0.6) is 0 Å². The topological polar surface area (TPSA) is 0 Å². The van der Waals surface area contributed by atoms with Crippen molar-refractivity contribution in [2.45, 2.75) is 0 Å². The number of rotatable bonds is 4. The average Bonchev–Trinajstić information content (AvgIpc) is 3.01. The van der Waals surface area contributed by atoms with E-state index in [-0.39, 0.29) is 0 Å². The Morgan fingerprint density at radius 2 is 0.421 bits per heavy atom. The quantitative estimate of drug-likeness (QED) is 0.219. The van der Waals surface area contributed by atoms with Crippen LogP contribution in [-0.2, 0) is 0 Å². The van der Waals surface area contributed by atoms with Crippen molar-refractivity contribution in [1.82, 2.24) is 0 Å². The van der Waals surface area contributed by atoms with Crippen LogP contribution >= 0.6 is 0 Å². The van der Waals surface area contributed by atoms with Crippen LogP contribution in [0.25, 0.3) is 66.1 Å². The lowest BCUT2D eigenvalue weighted by Gasteiger charge is -2.17. The predicted octanol–water partition coefficient (Wildman–Crippen LogP) is 10.7. The molecule has 0 N–H and O–H groups in total. The summed E-state index contributed by atoms with van der Waals surface area (Å²) in [5.41, 5.74) is 9.96. The SMILES string of the molecule is c1ccc(-c2ccc(-c3ccccc3)c3cc4c(-c5ccccc5)ccc(-c5ccccc5)c4cc23)cc1. The van der Waals surface area contributed by atoms with Crippen LogP contribution in [0.3, 0.4) is 0 Å². The number of hydrogen-bond acceptors (Lipinski definition) is 0. The molecule has 0 spiro atoms. The van der Waals surface area contributed by atoms with Gasteiger partial charge in [-0.3, -0.25) is 0 Å². The van der Waals surface area contributed by atoms with E-state index in [1.165, 1.54) is 66.1 Å². The molecule has 0 aliphatic rings. The van der Waals surface area contributed by atoms with E-state index in [0.29, 0.717) is 0 Å². The lowest BCUT2D eigenvalue weighted by atomic mass is 9.86. The minimum absolute atomic E-state index is 1.23. The second-order valence-corrected chi connectivity index (χ2v) is 9.73. The van der Waals surface area contributed by atoms with E-state index >= 15 is 0 Å². The van der Waals surface area contributed by atoms with Gasteiger partial charge in [0.2, 0.25) is 0 Å². The van der Waals surface area contributed by atoms with Crippen molar-refractivity contribution in [1.29, 1.82) is 0 Å². The Bertz CT molecular complexity index is 1590. The molecular formula is C38H26. The van der Waals surface area contributed by atoms with E-state index in [1.54, 1.807) is 0 Å². The first kappa shape index (κ1) is 22.3. The molecule has 0 nitrogen and oxygen atoms in total. The Hall–Kier alpha value is -4.94. The summed E-state index contributed by atoms with van der Waals surface area (Å²) in [4.78, 5) is 0. The molecule has 0 atom stereocenters. The largest absolute Gasteiger partial charge is 0.0622 e. The lowest BCUT2D eigenvalue weighted by Crippen LogP contribution is -1.91. The first-order valence-corrected chi connectivity index (χ1v) is 13.1. The Morgan fingerprint density at radius 1 is 0.211 bits per heavy atom. The van der Waals surface area contributed by atoms with Crippen molar-refractivity contribution in [3.63, 3.8) is 0 Å². The molecular weight excluding hydrogens is 456 g/mol. The minimum Gasteiger partial charge on any atom is -0.0622 e. The molecule has 0 amide bonds. The summed E-state index contributed by atoms with van der Waals surface area (Å²) in [7, 11) is 0. The highest BCUT2D eigenvalue weighted by atomic mass is 14.2. The summed E-state index contributed by atoms with van der Waals surface area (Å²) in [5, 5.41) is 5.08. The van der Waals surface area contributed by atoms with Crippen molar-refractivity contribution in [2.75, 3.05) is 0 Å². The van der Waals surface area contributed by atoms with Gasteiger partial charge < -0.3 is 0 Å². The minimum atomic E-state index is 1.23. The standard InChI is InChI=1S/C38H26/c1-5-13-27(14-6-1)31-21-22-32(28-15-7-2-8-16-28)36-26-38-34(30-19-11-4-12-20-30)24-23-33(37(38)25-35(31)36)29-17-9-3-10-18-29/h1-26H. The van der Waals surface area contributed by atoms with Crippen molar-refractivity contribution in [2.24, 2.45) is 0 Å². The lowest BCUT2D eigenvalue weighted by molar-refractivity contribution is 1.62. The summed E-state index contributed by atoms with van der Waals surface area (Å²) >= 11 is 0. The fraction of sp³-hybridized carbons (Fsp3) is 0. The van der Waals surface area contributed by atoms with Crippen molar-refractivity contribution in [3.8, 4) is 44.5 Å². The molecule has 178 valence electrons. The van der Waals surface area contributed by atoms with Gasteiger partial charge >= 0.3 is 0 Å². The highest BCUT2D eigenvalue weighted by molar-refractivity contribution is 6.16. The van der Waals surface area contributed by atoms with Crippen molar-refractivity contribution in [3.05, 3.63) is 158 Å². The summed E-state index contributed by atoms with van der Waals surface area (Å²) in [6, 6.07) is 57.0. The van der Waals surface area contributed by atoms with Gasteiger partial charge in [-0.2, -0.15) is 0 Å². The van der Waals surface area contributed by atoms with Crippen LogP contribution in [0, 0.1) is 0 Å². The van der Waals surface area contributed by atoms with E-state index in [2.05, 4.69) is 158 Å². The first-order chi connectivity index (χ1) is 18.9. The zero-order chi connectivity index (χ0) is 25.3. The van der Waals surface area contributed by atoms with Gasteiger partial charge in [-0.05, 0) is 78.2 Å². The van der Waals surface area contributed by atoms with E-state index in [0.717, 1.165) is 0 Å². The Labute approximate surface area is 223 Å².